The Morgan fingerprint density at radius 2 is 2.00 bits per heavy atom. The molecule has 0 saturated carbocycles. The monoisotopic (exact) mass is 624 g/mol. The Labute approximate surface area is 247 Å². The highest BCUT2D eigenvalue weighted by atomic mass is 32.1. The third-order valence-electron chi connectivity index (χ3n) is 7.53. The minimum absolute atomic E-state index is 0.0216. The van der Waals surface area contributed by atoms with Crippen molar-refractivity contribution in [3.63, 3.8) is 0 Å². The number of hydrogen-bond donors (Lipinski definition) is 2. The topological polar surface area (TPSA) is 128 Å². The maximum absolute atomic E-state index is 14.7. The summed E-state index contributed by atoms with van der Waals surface area (Å²) in [5, 5.41) is 14.2. The van der Waals surface area contributed by atoms with Crippen LogP contribution in [0.1, 0.15) is 29.1 Å². The third-order valence-corrected chi connectivity index (χ3v) is 8.31. The van der Waals surface area contributed by atoms with E-state index < -0.39 is 54.2 Å². The Hall–Kier alpha value is -4.05. The maximum atomic E-state index is 14.7. The van der Waals surface area contributed by atoms with Gasteiger partial charge in [0.2, 0.25) is 0 Å². The number of hydrogen-bond acceptors (Lipinski definition) is 9. The molecule has 11 nitrogen and oxygen atoms in total. The van der Waals surface area contributed by atoms with Crippen molar-refractivity contribution in [3.8, 4) is 0 Å². The number of esters is 1. The molecule has 43 heavy (non-hydrogen) atoms. The normalized spacial score (nSPS) is 21.1. The lowest BCUT2D eigenvalue weighted by Gasteiger charge is -2.38. The Balaban J connectivity index is 1.47. The lowest BCUT2D eigenvalue weighted by atomic mass is 9.92. The number of rotatable bonds is 9. The molecule has 1 aromatic heterocycles. The molecule has 0 radical (unpaired) electrons. The second-order valence-corrected chi connectivity index (χ2v) is 11.2. The molecule has 2 saturated heterocycles. The van der Waals surface area contributed by atoms with Crippen molar-refractivity contribution in [2.75, 3.05) is 45.9 Å². The minimum atomic E-state index is -4.09. The van der Waals surface area contributed by atoms with Gasteiger partial charge in [-0.3, -0.25) is 9.89 Å². The number of carboxylic acids is 1. The molecule has 4 heterocycles. The number of piperazine rings is 1. The van der Waals surface area contributed by atoms with Crippen LogP contribution < -0.4 is 5.32 Å². The molecule has 2 atom stereocenters. The van der Waals surface area contributed by atoms with Gasteiger partial charge in [0.25, 0.3) is 0 Å². The predicted molar refractivity (Wildman–Crippen MR) is 146 cm³/mol. The van der Waals surface area contributed by atoms with Crippen molar-refractivity contribution in [1.82, 2.24) is 25.0 Å². The molecule has 2 aromatic rings. The van der Waals surface area contributed by atoms with E-state index in [2.05, 4.69) is 15.3 Å². The van der Waals surface area contributed by atoms with Gasteiger partial charge < -0.3 is 25.0 Å². The van der Waals surface area contributed by atoms with E-state index in [4.69, 9.17) is 9.84 Å². The molecular formula is C27H28F4N6O5S. The molecule has 2 amide bonds. The highest BCUT2D eigenvalue weighted by Gasteiger charge is 2.48. The number of carbonyl (C=O) groups excluding carboxylic acids is 2. The Kier molecular flexibility index (Phi) is 8.42. The number of thiazole rings is 1. The van der Waals surface area contributed by atoms with Crippen LogP contribution in [0.15, 0.2) is 40.0 Å². The SMILES string of the molecule is CCOC(=O)C1=C(CN2CCN3C(=O)N(CC(F)(F)C(=O)O)C[C@@H]3C2)NC(c2nccs2)=N[C@H]1c1ccc(F)c(F)c1C. The van der Waals surface area contributed by atoms with E-state index in [1.807, 2.05) is 4.90 Å². The number of ether oxygens (including phenoxy) is 1. The van der Waals surface area contributed by atoms with Crippen molar-refractivity contribution in [1.29, 1.82) is 0 Å². The number of amides is 2. The van der Waals surface area contributed by atoms with Gasteiger partial charge in [0.15, 0.2) is 22.5 Å². The van der Waals surface area contributed by atoms with Gasteiger partial charge in [-0.1, -0.05) is 6.07 Å². The van der Waals surface area contributed by atoms with Crippen molar-refractivity contribution in [2.45, 2.75) is 31.9 Å². The highest BCUT2D eigenvalue weighted by Crippen LogP contribution is 2.36. The van der Waals surface area contributed by atoms with Crippen molar-refractivity contribution < 1.29 is 41.8 Å². The van der Waals surface area contributed by atoms with Gasteiger partial charge in [0.05, 0.1) is 24.8 Å². The van der Waals surface area contributed by atoms with Crippen molar-refractivity contribution in [3.05, 3.63) is 62.7 Å². The number of nitrogens with one attached hydrogen (secondary N) is 1. The quantitative estimate of drug-likeness (QED) is 0.322. The molecule has 2 fully saturated rings. The van der Waals surface area contributed by atoms with Crippen LogP contribution in [0, 0.1) is 18.6 Å². The van der Waals surface area contributed by atoms with Crippen molar-refractivity contribution >= 4 is 35.1 Å². The Bertz CT molecular complexity index is 1500. The van der Waals surface area contributed by atoms with E-state index in [-0.39, 0.29) is 49.5 Å². The number of fused-ring (bicyclic) bond motifs is 1. The molecule has 0 aliphatic carbocycles. The summed E-state index contributed by atoms with van der Waals surface area (Å²) in [7, 11) is 0. The standard InChI is InChI=1S/C27H28F4N6O5S/c1-3-42-24(38)19-18(12-35-7-8-37-15(10-35)11-36(26(37)41)13-27(30,31)25(39)40)33-22(23-32-6-9-43-23)34-21(19)16-4-5-17(28)20(29)14(16)2/h4-6,9,15,21H,3,7-8,10-13H2,1-2H3,(H,33,34)(H,39,40)/t15-,21-/m0/s1. The second-order valence-electron chi connectivity index (χ2n) is 10.3. The summed E-state index contributed by atoms with van der Waals surface area (Å²) in [5.74, 6) is -8.90. The van der Waals surface area contributed by atoms with E-state index >= 15 is 0 Å². The fourth-order valence-electron chi connectivity index (χ4n) is 5.46. The van der Waals surface area contributed by atoms with Crippen LogP contribution >= 0.6 is 11.3 Å². The number of aliphatic carboxylic acids is 1. The Morgan fingerprint density at radius 3 is 2.67 bits per heavy atom. The van der Waals surface area contributed by atoms with E-state index in [0.717, 1.165) is 11.0 Å². The van der Waals surface area contributed by atoms with Gasteiger partial charge in [-0.25, -0.2) is 28.1 Å². The molecule has 0 bridgehead atoms. The van der Waals surface area contributed by atoms with Crippen LogP contribution in [-0.2, 0) is 14.3 Å². The van der Waals surface area contributed by atoms with Crippen LogP contribution in [0.4, 0.5) is 22.4 Å². The maximum Gasteiger partial charge on any atom is 0.376 e. The average molecular weight is 625 g/mol. The number of halogens is 4. The third kappa shape index (κ3) is 5.93. The van der Waals surface area contributed by atoms with E-state index in [0.29, 0.717) is 23.1 Å². The van der Waals surface area contributed by atoms with E-state index in [1.54, 1.807) is 18.5 Å². The number of urea groups is 1. The molecule has 1 aromatic carbocycles. The lowest BCUT2D eigenvalue weighted by Crippen LogP contribution is -2.53. The summed E-state index contributed by atoms with van der Waals surface area (Å²) in [6.07, 6.45) is 1.57. The predicted octanol–water partition coefficient (Wildman–Crippen LogP) is 2.78. The number of carboxylic acid groups (broad SMARTS) is 1. The molecular weight excluding hydrogens is 596 g/mol. The molecule has 2 N–H and O–H groups in total. The number of nitrogens with zero attached hydrogens (tertiary/aromatic N) is 5. The second kappa shape index (κ2) is 11.9. The first-order valence-corrected chi connectivity index (χ1v) is 14.3. The zero-order valence-corrected chi connectivity index (χ0v) is 24.0. The molecule has 16 heteroatoms. The van der Waals surface area contributed by atoms with Gasteiger partial charge in [-0.2, -0.15) is 8.78 Å². The lowest BCUT2D eigenvalue weighted by molar-refractivity contribution is -0.166. The summed E-state index contributed by atoms with van der Waals surface area (Å²) in [6.45, 7) is 2.57. The van der Waals surface area contributed by atoms with Crippen LogP contribution in [0.2, 0.25) is 0 Å². The average Bonchev–Trinajstić information content (AvgIpc) is 3.60. The summed E-state index contributed by atoms with van der Waals surface area (Å²) in [4.78, 5) is 50.2. The van der Waals surface area contributed by atoms with E-state index in [1.165, 1.54) is 29.2 Å². The van der Waals surface area contributed by atoms with Gasteiger partial charge in [-0.05, 0) is 31.0 Å². The van der Waals surface area contributed by atoms with Gasteiger partial charge in [0.1, 0.15) is 6.04 Å². The van der Waals surface area contributed by atoms with Gasteiger partial charge in [0, 0.05) is 50.0 Å². The summed E-state index contributed by atoms with van der Waals surface area (Å²) >= 11 is 1.28. The van der Waals surface area contributed by atoms with Crippen LogP contribution in [0.5, 0.6) is 0 Å². The molecule has 5 rings (SSSR count). The molecule has 3 aliphatic rings. The fourth-order valence-corrected chi connectivity index (χ4v) is 6.04. The largest absolute Gasteiger partial charge is 0.477 e. The van der Waals surface area contributed by atoms with Crippen LogP contribution in [-0.4, -0.2) is 106 Å². The number of aliphatic imine (C=N–C) groups is 1. The summed E-state index contributed by atoms with van der Waals surface area (Å²) in [6, 6.07) is 0.106. The summed E-state index contributed by atoms with van der Waals surface area (Å²) in [5.41, 5.74) is 0.701. The zero-order valence-electron chi connectivity index (χ0n) is 23.2. The molecule has 230 valence electrons. The van der Waals surface area contributed by atoms with Crippen LogP contribution in [0.25, 0.3) is 0 Å². The highest BCUT2D eigenvalue weighted by molar-refractivity contribution is 7.11. The molecule has 0 spiro atoms. The number of alkyl halides is 2. The van der Waals surface area contributed by atoms with Gasteiger partial charge in [-0.15, -0.1) is 11.3 Å². The van der Waals surface area contributed by atoms with Gasteiger partial charge >= 0.3 is 23.9 Å². The summed E-state index contributed by atoms with van der Waals surface area (Å²) < 4.78 is 61.8. The van der Waals surface area contributed by atoms with E-state index in [9.17, 15) is 31.9 Å². The van der Waals surface area contributed by atoms with Crippen LogP contribution in [0.3, 0.4) is 0 Å². The minimum Gasteiger partial charge on any atom is -0.477 e. The Morgan fingerprint density at radius 1 is 1.23 bits per heavy atom. The molecule has 3 aliphatic heterocycles. The number of benzene rings is 1. The zero-order chi connectivity index (χ0) is 31.1. The fraction of sp³-hybridized carbons (Fsp3) is 0.444. The first-order chi connectivity index (χ1) is 20.4. The first kappa shape index (κ1) is 30.4. The first-order valence-electron chi connectivity index (χ1n) is 13.4. The molecule has 0 unspecified atom stereocenters. The smallest absolute Gasteiger partial charge is 0.376 e. The number of carbonyl (C=O) groups is 3. The number of aromatic nitrogens is 1. The van der Waals surface area contributed by atoms with Crippen molar-refractivity contribution in [2.24, 2.45) is 4.99 Å². The number of amidine groups is 1.